The third kappa shape index (κ3) is 2.61. The van der Waals surface area contributed by atoms with E-state index in [-0.39, 0.29) is 12.0 Å². The molecule has 0 aliphatic carbocycles. The Bertz CT molecular complexity index is 385. The fraction of sp³-hybridized carbons (Fsp3) is 0.636. The van der Waals surface area contributed by atoms with Gasteiger partial charge in [0.2, 0.25) is 0 Å². The second-order valence-corrected chi connectivity index (χ2v) is 3.90. The zero-order chi connectivity index (χ0) is 12.3. The van der Waals surface area contributed by atoms with Gasteiger partial charge in [0, 0.05) is 24.8 Å². The zero-order valence-electron chi connectivity index (χ0n) is 10.5. The van der Waals surface area contributed by atoms with Crippen molar-refractivity contribution in [3.63, 3.8) is 0 Å². The first-order chi connectivity index (χ1) is 7.47. The van der Waals surface area contributed by atoms with E-state index in [4.69, 9.17) is 0 Å². The van der Waals surface area contributed by atoms with E-state index in [0.29, 0.717) is 6.54 Å². The maximum absolute atomic E-state index is 11.2. The number of rotatable bonds is 4. The molecule has 0 radical (unpaired) electrons. The largest absolute Gasteiger partial charge is 0.468 e. The number of esters is 1. The molecular formula is C11H19N3O2. The SMILES string of the molecule is COC(=O)C(C)NCc1c(C)nn(C)c1C. The molecule has 0 aromatic carbocycles. The molecule has 0 spiro atoms. The molecule has 0 bridgehead atoms. The summed E-state index contributed by atoms with van der Waals surface area (Å²) in [6, 6.07) is -0.302. The van der Waals surface area contributed by atoms with Crippen molar-refractivity contribution in [1.29, 1.82) is 0 Å². The predicted octanol–water partition coefficient (Wildman–Crippen LogP) is 0.688. The Morgan fingerprint density at radius 3 is 2.62 bits per heavy atom. The monoisotopic (exact) mass is 225 g/mol. The van der Waals surface area contributed by atoms with Gasteiger partial charge in [-0.2, -0.15) is 5.10 Å². The van der Waals surface area contributed by atoms with Gasteiger partial charge in [0.1, 0.15) is 6.04 Å². The van der Waals surface area contributed by atoms with Gasteiger partial charge in [0.15, 0.2) is 0 Å². The molecule has 0 aliphatic heterocycles. The third-order valence-electron chi connectivity index (χ3n) is 2.80. The van der Waals surface area contributed by atoms with Gasteiger partial charge in [-0.1, -0.05) is 0 Å². The number of methoxy groups -OCH3 is 1. The highest BCUT2D eigenvalue weighted by molar-refractivity contribution is 5.75. The van der Waals surface area contributed by atoms with E-state index in [9.17, 15) is 4.79 Å². The van der Waals surface area contributed by atoms with E-state index in [2.05, 4.69) is 15.2 Å². The third-order valence-corrected chi connectivity index (χ3v) is 2.80. The Hall–Kier alpha value is -1.36. The maximum Gasteiger partial charge on any atom is 0.322 e. The second-order valence-electron chi connectivity index (χ2n) is 3.90. The van der Waals surface area contributed by atoms with Crippen molar-refractivity contribution in [3.8, 4) is 0 Å². The van der Waals surface area contributed by atoms with Crippen molar-refractivity contribution in [1.82, 2.24) is 15.1 Å². The first kappa shape index (κ1) is 12.7. The molecule has 1 unspecified atom stereocenters. The number of nitrogens with zero attached hydrogens (tertiary/aromatic N) is 2. The number of aromatic nitrogens is 2. The summed E-state index contributed by atoms with van der Waals surface area (Å²) >= 11 is 0. The van der Waals surface area contributed by atoms with Gasteiger partial charge in [-0.15, -0.1) is 0 Å². The van der Waals surface area contributed by atoms with E-state index in [1.54, 1.807) is 6.92 Å². The highest BCUT2D eigenvalue weighted by Crippen LogP contribution is 2.11. The molecular weight excluding hydrogens is 206 g/mol. The average molecular weight is 225 g/mol. The Balaban J connectivity index is 2.64. The molecule has 1 aromatic rings. The van der Waals surface area contributed by atoms with Crippen LogP contribution in [-0.2, 0) is 23.1 Å². The van der Waals surface area contributed by atoms with E-state index in [1.807, 2.05) is 25.6 Å². The molecule has 1 heterocycles. The van der Waals surface area contributed by atoms with Crippen molar-refractivity contribution in [2.24, 2.45) is 7.05 Å². The molecule has 0 aliphatic rings. The van der Waals surface area contributed by atoms with Crippen molar-refractivity contribution in [3.05, 3.63) is 17.0 Å². The molecule has 0 fully saturated rings. The van der Waals surface area contributed by atoms with Crippen LogP contribution in [-0.4, -0.2) is 28.9 Å². The van der Waals surface area contributed by atoms with Gasteiger partial charge >= 0.3 is 5.97 Å². The Morgan fingerprint density at radius 1 is 1.56 bits per heavy atom. The van der Waals surface area contributed by atoms with Crippen LogP contribution in [0.2, 0.25) is 0 Å². The molecule has 0 amide bonds. The molecule has 1 aromatic heterocycles. The first-order valence-electron chi connectivity index (χ1n) is 5.27. The number of carbonyl (C=O) groups is 1. The summed E-state index contributed by atoms with van der Waals surface area (Å²) in [5, 5.41) is 7.43. The molecule has 16 heavy (non-hydrogen) atoms. The molecule has 1 rings (SSSR count). The molecule has 1 N–H and O–H groups in total. The lowest BCUT2D eigenvalue weighted by Crippen LogP contribution is -2.34. The van der Waals surface area contributed by atoms with Gasteiger partial charge in [0.05, 0.1) is 12.8 Å². The van der Waals surface area contributed by atoms with Crippen molar-refractivity contribution >= 4 is 5.97 Å². The van der Waals surface area contributed by atoms with Crippen LogP contribution in [0, 0.1) is 13.8 Å². The van der Waals surface area contributed by atoms with E-state index in [1.165, 1.54) is 7.11 Å². The van der Waals surface area contributed by atoms with Crippen LogP contribution in [0.1, 0.15) is 23.9 Å². The predicted molar refractivity (Wildman–Crippen MR) is 61.0 cm³/mol. The molecule has 5 nitrogen and oxygen atoms in total. The highest BCUT2D eigenvalue weighted by Gasteiger charge is 2.14. The van der Waals surface area contributed by atoms with Crippen LogP contribution in [0.25, 0.3) is 0 Å². The van der Waals surface area contributed by atoms with Crippen LogP contribution >= 0.6 is 0 Å². The van der Waals surface area contributed by atoms with E-state index < -0.39 is 0 Å². The average Bonchev–Trinajstić information content (AvgIpc) is 2.49. The first-order valence-corrected chi connectivity index (χ1v) is 5.27. The lowest BCUT2D eigenvalue weighted by Gasteiger charge is -2.11. The minimum atomic E-state index is -0.302. The normalized spacial score (nSPS) is 12.6. The Labute approximate surface area is 95.8 Å². The topological polar surface area (TPSA) is 56.1 Å². The fourth-order valence-corrected chi connectivity index (χ4v) is 1.59. The molecule has 0 saturated carbocycles. The Morgan fingerprint density at radius 2 is 2.19 bits per heavy atom. The Kier molecular flexibility index (Phi) is 4.06. The van der Waals surface area contributed by atoms with Crippen molar-refractivity contribution in [2.45, 2.75) is 33.4 Å². The summed E-state index contributed by atoms with van der Waals surface area (Å²) in [4.78, 5) is 11.2. The van der Waals surface area contributed by atoms with Gasteiger partial charge < -0.3 is 10.1 Å². The van der Waals surface area contributed by atoms with Crippen LogP contribution in [0.15, 0.2) is 0 Å². The van der Waals surface area contributed by atoms with Crippen LogP contribution < -0.4 is 5.32 Å². The zero-order valence-corrected chi connectivity index (χ0v) is 10.5. The number of nitrogens with one attached hydrogen (secondary N) is 1. The smallest absolute Gasteiger partial charge is 0.322 e. The number of ether oxygens (including phenoxy) is 1. The van der Waals surface area contributed by atoms with Crippen LogP contribution in [0.4, 0.5) is 0 Å². The summed E-state index contributed by atoms with van der Waals surface area (Å²) in [5.74, 6) is -0.251. The van der Waals surface area contributed by atoms with Crippen molar-refractivity contribution < 1.29 is 9.53 Å². The summed E-state index contributed by atoms with van der Waals surface area (Å²) in [6.45, 7) is 6.39. The second kappa shape index (κ2) is 5.12. The standard InChI is InChI=1S/C11H19N3O2/c1-7-10(9(3)14(4)13-7)6-12-8(2)11(15)16-5/h8,12H,6H2,1-5H3. The van der Waals surface area contributed by atoms with Crippen molar-refractivity contribution in [2.75, 3.05) is 7.11 Å². The molecule has 90 valence electrons. The number of hydrogen-bond acceptors (Lipinski definition) is 4. The summed E-state index contributed by atoms with van der Waals surface area (Å²) < 4.78 is 6.49. The quantitative estimate of drug-likeness (QED) is 0.766. The molecule has 0 saturated heterocycles. The summed E-state index contributed by atoms with van der Waals surface area (Å²) in [5.41, 5.74) is 3.24. The minimum absolute atomic E-state index is 0.251. The fourth-order valence-electron chi connectivity index (χ4n) is 1.59. The van der Waals surface area contributed by atoms with Gasteiger partial charge in [-0.05, 0) is 20.8 Å². The van der Waals surface area contributed by atoms with E-state index in [0.717, 1.165) is 17.0 Å². The number of hydrogen-bond donors (Lipinski definition) is 1. The lowest BCUT2D eigenvalue weighted by atomic mass is 10.2. The van der Waals surface area contributed by atoms with Gasteiger partial charge in [-0.25, -0.2) is 0 Å². The molecule has 5 heteroatoms. The minimum Gasteiger partial charge on any atom is -0.468 e. The van der Waals surface area contributed by atoms with Gasteiger partial charge in [-0.3, -0.25) is 9.48 Å². The van der Waals surface area contributed by atoms with E-state index >= 15 is 0 Å². The number of aryl methyl sites for hydroxylation is 2. The number of carbonyl (C=O) groups excluding carboxylic acids is 1. The summed E-state index contributed by atoms with van der Waals surface area (Å²) in [7, 11) is 3.30. The van der Waals surface area contributed by atoms with Crippen LogP contribution in [0.5, 0.6) is 0 Å². The lowest BCUT2D eigenvalue weighted by molar-refractivity contribution is -0.142. The maximum atomic E-state index is 11.2. The van der Waals surface area contributed by atoms with Gasteiger partial charge in [0.25, 0.3) is 0 Å². The molecule has 1 atom stereocenters. The highest BCUT2D eigenvalue weighted by atomic mass is 16.5. The van der Waals surface area contributed by atoms with Crippen LogP contribution in [0.3, 0.4) is 0 Å². The summed E-state index contributed by atoms with van der Waals surface area (Å²) in [6.07, 6.45) is 0.